The molecule has 8 aliphatic rings. The van der Waals surface area contributed by atoms with Gasteiger partial charge in [-0.2, -0.15) is 0 Å². The zero-order valence-electron chi connectivity index (χ0n) is 54.0. The Hall–Kier alpha value is -6.03. The molecule has 2 aromatic carbocycles. The average molecular weight is 1270 g/mol. The summed E-state index contributed by atoms with van der Waals surface area (Å²) < 4.78 is 79.8. The second kappa shape index (κ2) is 30.4. The lowest BCUT2D eigenvalue weighted by Crippen LogP contribution is -2.65. The third kappa shape index (κ3) is 19.3. The van der Waals surface area contributed by atoms with Gasteiger partial charge < -0.3 is 59.3 Å². The van der Waals surface area contributed by atoms with E-state index in [0.29, 0.717) is 69.3 Å². The predicted octanol–water partition coefficient (Wildman–Crippen LogP) is 7.87. The fraction of sp³-hybridized carbons (Fsp3) is 0.656. The molecule has 91 heavy (non-hydrogen) atoms. The third-order valence-electron chi connectivity index (χ3n) is 19.0. The van der Waals surface area contributed by atoms with E-state index < -0.39 is 111 Å². The first kappa shape index (κ1) is 72.4. The highest BCUT2D eigenvalue weighted by Gasteiger charge is 2.68. The molecule has 496 valence electrons. The second-order valence-corrected chi connectivity index (χ2v) is 27.7. The van der Waals surface area contributed by atoms with Gasteiger partial charge in [0.2, 0.25) is 11.4 Å². The van der Waals surface area contributed by atoms with Crippen LogP contribution in [0.2, 0.25) is 6.32 Å². The summed E-state index contributed by atoms with van der Waals surface area (Å²) in [6, 6.07) is 18.9. The number of benzene rings is 2. The highest BCUT2D eigenvalue weighted by atomic mass is 19.3. The zero-order chi connectivity index (χ0) is 66.9. The average Bonchev–Trinajstić information content (AvgIpc) is 1.67. The monoisotopic (exact) mass is 1270 g/mol. The highest BCUT2D eigenvalue weighted by molar-refractivity contribution is 6.48. The van der Waals surface area contributed by atoms with Gasteiger partial charge in [0.05, 0.1) is 62.9 Å². The molecule has 2 bridgehead atoms. The number of nitrogens with zero attached hydrogens (tertiary/aromatic N) is 6. The molecule has 0 spiro atoms. The summed E-state index contributed by atoms with van der Waals surface area (Å²) >= 11 is 0. The van der Waals surface area contributed by atoms with Crippen molar-refractivity contribution in [1.82, 2.24) is 30.2 Å². The largest absolute Gasteiger partial charge is 0.482 e. The standard InChI is InChI=1S/C35H47BF2N4O5.C25H33BF2N4O5.C4H11BO2/c1-32(2,42-16-14-35(37,38)22-42)20-26(39-6)30(43)41-15-10-13-25(21-41)45-31(44)40-29(17-23-11-8-7-9-12-23)36-46-28-19-24-18-27(33(24,3)4)34(28,5)47-36;1-24(2,32-13-11-25(27,28)17-32)15-20(29-3)22(33)31-12-7-10-19(16-31)37-23(34)30-21(26(35)36)14-18-8-5-4-6-9-18;1-4(2)3-5(6)7/h7-9,11-12,20,24-25,27-29H,10,13-19,21-22H2,1-5H3,(H,40,44);4-6,8-9,15,19,21,35-36H,7,10-14,16-17H2,1-2H3,(H,30,34);4,6-7H,3H2,1-2H3/t24-,25+,27-,28+,29-,34-;19-,21+;/m01./s1. The SMILES string of the molecule is CC(C)CB(O)O.[C-]#[N+]C(=CC(C)(C)N1CCC(F)(F)C1)C(=O)N1CCC[C@@H](OC(=O)N[C@@H](Cc2ccccc2)B(O)O)C1.[C-]#[N+]C(=CC(C)(C)N1CCC(F)(F)C1)C(=O)N1CCC[C@@H](OC(=O)N[C@@H](Cc2ccccc2)B2O[C@@H]3C[C@@H]4C[C@@H](C4(C)C)[C@]3(C)O2)C1. The Kier molecular flexibility index (Phi) is 24.2. The molecule has 27 heteroatoms. The molecule has 0 aromatic heterocycles. The number of hydrogen-bond donors (Lipinski definition) is 6. The molecule has 20 nitrogen and oxygen atoms in total. The molecule has 3 aliphatic carbocycles. The van der Waals surface area contributed by atoms with Gasteiger partial charge in [-0.15, -0.1) is 0 Å². The molecule has 8 atom stereocenters. The summed E-state index contributed by atoms with van der Waals surface area (Å²) in [5.74, 6) is -6.74. The van der Waals surface area contributed by atoms with Crippen LogP contribution in [0.5, 0.6) is 0 Å². The summed E-state index contributed by atoms with van der Waals surface area (Å²) in [5, 5.41) is 41.4. The van der Waals surface area contributed by atoms with Crippen molar-refractivity contribution in [3.05, 3.63) is 118 Å². The van der Waals surface area contributed by atoms with Crippen LogP contribution in [0.1, 0.15) is 125 Å². The minimum absolute atomic E-state index is 0.0325. The van der Waals surface area contributed by atoms with Crippen molar-refractivity contribution in [2.45, 2.75) is 192 Å². The van der Waals surface area contributed by atoms with Crippen LogP contribution in [0.4, 0.5) is 27.2 Å². The van der Waals surface area contributed by atoms with Gasteiger partial charge in [-0.1, -0.05) is 101 Å². The summed E-state index contributed by atoms with van der Waals surface area (Å²) in [4.78, 5) is 65.4. The lowest BCUT2D eigenvalue weighted by atomic mass is 9.43. The zero-order valence-corrected chi connectivity index (χ0v) is 54.0. The molecular formula is C64H91B3F4N8O12. The topological polar surface area (TPSA) is 232 Å². The first-order valence-electron chi connectivity index (χ1n) is 31.8. The summed E-state index contributed by atoms with van der Waals surface area (Å²) in [6.07, 6.45) is 5.10. The molecule has 8 fully saturated rings. The van der Waals surface area contributed by atoms with E-state index >= 15 is 0 Å². The first-order valence-corrected chi connectivity index (χ1v) is 31.8. The number of nitrogens with one attached hydrogen (secondary N) is 2. The van der Waals surface area contributed by atoms with E-state index in [2.05, 4.69) is 41.1 Å². The van der Waals surface area contributed by atoms with E-state index in [9.17, 15) is 46.8 Å². The van der Waals surface area contributed by atoms with Gasteiger partial charge in [0, 0.05) is 50.1 Å². The van der Waals surface area contributed by atoms with Gasteiger partial charge in [-0.05, 0) is 127 Å². The van der Waals surface area contributed by atoms with Crippen LogP contribution in [-0.4, -0.2) is 196 Å². The van der Waals surface area contributed by atoms with Gasteiger partial charge in [0.25, 0.3) is 23.7 Å². The number of likely N-dealkylation sites (tertiary alicyclic amines) is 4. The number of rotatable bonds is 18. The summed E-state index contributed by atoms with van der Waals surface area (Å²) in [6.45, 7) is 33.2. The second-order valence-electron chi connectivity index (χ2n) is 27.7. The molecule has 5 saturated heterocycles. The Morgan fingerprint density at radius 2 is 1.19 bits per heavy atom. The Balaban J connectivity index is 0.000000240. The van der Waals surface area contributed by atoms with Gasteiger partial charge in [-0.25, -0.2) is 36.8 Å². The number of piperidine rings is 2. The van der Waals surface area contributed by atoms with Crippen LogP contribution >= 0.6 is 0 Å². The van der Waals surface area contributed by atoms with Crippen molar-refractivity contribution < 1.29 is 75.6 Å². The lowest BCUT2D eigenvalue weighted by Gasteiger charge is -2.64. The van der Waals surface area contributed by atoms with Crippen LogP contribution in [0, 0.1) is 36.3 Å². The Morgan fingerprint density at radius 1 is 0.725 bits per heavy atom. The molecule has 5 heterocycles. The molecule has 3 saturated carbocycles. The fourth-order valence-corrected chi connectivity index (χ4v) is 13.7. The number of carbonyl (C=O) groups is 4. The van der Waals surface area contributed by atoms with Crippen LogP contribution in [0.25, 0.3) is 9.69 Å². The van der Waals surface area contributed by atoms with E-state index in [4.69, 9.17) is 42.0 Å². The molecule has 0 unspecified atom stereocenters. The van der Waals surface area contributed by atoms with Crippen molar-refractivity contribution in [3.63, 3.8) is 0 Å². The van der Waals surface area contributed by atoms with E-state index in [-0.39, 0.29) is 68.4 Å². The quantitative estimate of drug-likeness (QED) is 0.0361. The third-order valence-corrected chi connectivity index (χ3v) is 19.0. The van der Waals surface area contributed by atoms with Crippen molar-refractivity contribution in [2.24, 2.45) is 23.2 Å². The maximum Gasteiger partial charge on any atom is 0.482 e. The normalized spacial score (nSPS) is 26.0. The molecule has 6 N–H and O–H groups in total. The van der Waals surface area contributed by atoms with E-state index in [1.54, 1.807) is 61.8 Å². The van der Waals surface area contributed by atoms with Gasteiger partial charge >= 0.3 is 33.5 Å². The van der Waals surface area contributed by atoms with Crippen molar-refractivity contribution in [3.8, 4) is 0 Å². The van der Waals surface area contributed by atoms with Gasteiger partial charge in [0.1, 0.15) is 12.2 Å². The number of hydrogen-bond acceptors (Lipinski definition) is 14. The van der Waals surface area contributed by atoms with Crippen molar-refractivity contribution >= 4 is 45.4 Å². The number of halogens is 4. The number of alkyl halides is 4. The van der Waals surface area contributed by atoms with Crippen molar-refractivity contribution in [1.29, 1.82) is 0 Å². The highest BCUT2D eigenvalue weighted by Crippen LogP contribution is 2.66. The van der Waals surface area contributed by atoms with E-state index in [1.807, 2.05) is 50.2 Å². The van der Waals surface area contributed by atoms with E-state index in [1.165, 1.54) is 22.0 Å². The fourth-order valence-electron chi connectivity index (χ4n) is 13.7. The van der Waals surface area contributed by atoms with Crippen LogP contribution in [0.3, 0.4) is 0 Å². The first-order chi connectivity index (χ1) is 42.6. The Labute approximate surface area is 534 Å². The molecule has 5 aliphatic heterocycles. The predicted molar refractivity (Wildman–Crippen MR) is 336 cm³/mol. The maximum atomic E-state index is 13.9. The van der Waals surface area contributed by atoms with Crippen molar-refractivity contribution in [2.75, 3.05) is 52.4 Å². The van der Waals surface area contributed by atoms with Crippen LogP contribution in [-0.2, 0) is 41.2 Å². The number of alkyl carbamates (subject to hydrolysis) is 2. The molecule has 0 radical (unpaired) electrons. The smallest absolute Gasteiger partial charge is 0.444 e. The Bertz CT molecular complexity index is 2970. The molecule has 4 amide bonds. The lowest BCUT2D eigenvalue weighted by molar-refractivity contribution is -0.199. The Morgan fingerprint density at radius 3 is 1.58 bits per heavy atom. The maximum absolute atomic E-state index is 13.9. The van der Waals surface area contributed by atoms with Crippen LogP contribution < -0.4 is 10.6 Å². The summed E-state index contributed by atoms with van der Waals surface area (Å²) in [7, 11) is -3.56. The summed E-state index contributed by atoms with van der Waals surface area (Å²) in [5.41, 5.74) is -0.509. The minimum Gasteiger partial charge on any atom is -0.444 e. The van der Waals surface area contributed by atoms with Gasteiger partial charge in [0.15, 0.2) is 0 Å². The number of ether oxygens (including phenoxy) is 2. The number of amides is 4. The molecule has 2 aromatic rings. The minimum atomic E-state index is -2.79. The molecule has 10 rings (SSSR count). The number of carbonyl (C=O) groups excluding carboxylic acids is 4. The van der Waals surface area contributed by atoms with Crippen LogP contribution in [0.15, 0.2) is 84.2 Å². The molecular weight excluding hydrogens is 1180 g/mol. The van der Waals surface area contributed by atoms with Gasteiger partial charge in [-0.3, -0.25) is 19.4 Å². The van der Waals surface area contributed by atoms with E-state index in [0.717, 1.165) is 24.0 Å².